The average molecular weight is 408 g/mol. The van der Waals surface area contributed by atoms with Crippen LogP contribution in [0.4, 0.5) is 5.82 Å². The van der Waals surface area contributed by atoms with Crippen molar-refractivity contribution in [1.29, 1.82) is 5.41 Å². The van der Waals surface area contributed by atoms with Crippen molar-refractivity contribution in [2.24, 2.45) is 5.73 Å². The monoisotopic (exact) mass is 408 g/mol. The van der Waals surface area contributed by atoms with Gasteiger partial charge in [0.2, 0.25) is 0 Å². The molecule has 1 aromatic heterocycles. The van der Waals surface area contributed by atoms with Crippen molar-refractivity contribution in [3.63, 3.8) is 0 Å². The summed E-state index contributed by atoms with van der Waals surface area (Å²) in [5.74, 6) is 2.34. The number of amides is 1. The van der Waals surface area contributed by atoms with Crippen molar-refractivity contribution in [1.82, 2.24) is 14.9 Å². The van der Waals surface area contributed by atoms with E-state index in [0.29, 0.717) is 34.6 Å². The zero-order valence-corrected chi connectivity index (χ0v) is 16.4. The number of aromatic hydroxyl groups is 1. The predicted molar refractivity (Wildman–Crippen MR) is 114 cm³/mol. The van der Waals surface area contributed by atoms with Gasteiger partial charge in [0.05, 0.1) is 11.4 Å². The van der Waals surface area contributed by atoms with E-state index in [9.17, 15) is 9.90 Å². The summed E-state index contributed by atoms with van der Waals surface area (Å²) in [6.07, 6.45) is 1.44. The minimum atomic E-state index is -0.0627. The van der Waals surface area contributed by atoms with Crippen LogP contribution in [0, 0.1) is 5.41 Å². The van der Waals surface area contributed by atoms with Gasteiger partial charge in [-0.1, -0.05) is 0 Å². The smallest absolute Gasteiger partial charge is 0.254 e. The van der Waals surface area contributed by atoms with Crippen molar-refractivity contribution in [3.8, 4) is 5.75 Å². The summed E-state index contributed by atoms with van der Waals surface area (Å²) in [6, 6.07) is 10.2. The first-order valence-corrected chi connectivity index (χ1v) is 10.2. The molecule has 1 saturated heterocycles. The molecule has 1 aliphatic rings. The molecular formula is C20H20N6O2S. The van der Waals surface area contributed by atoms with Gasteiger partial charge < -0.3 is 21.1 Å². The topological polar surface area (TPSA) is 128 Å². The number of benzene rings is 2. The van der Waals surface area contributed by atoms with E-state index in [1.807, 2.05) is 11.0 Å². The van der Waals surface area contributed by atoms with Crippen molar-refractivity contribution in [2.75, 3.05) is 23.5 Å². The Labute approximate surface area is 171 Å². The zero-order valence-electron chi connectivity index (χ0n) is 15.6. The number of phenols is 1. The number of aromatic nitrogens is 2. The Bertz CT molecular complexity index is 1100. The van der Waals surface area contributed by atoms with Crippen LogP contribution in [0.1, 0.15) is 21.5 Å². The Balaban J connectivity index is 1.58. The van der Waals surface area contributed by atoms with Gasteiger partial charge in [-0.15, -0.1) is 11.8 Å². The summed E-state index contributed by atoms with van der Waals surface area (Å²) in [5.41, 5.74) is 7.94. The molecule has 5 N–H and O–H groups in total. The van der Waals surface area contributed by atoms with Gasteiger partial charge in [-0.3, -0.25) is 10.2 Å². The molecule has 0 atom stereocenters. The number of carbonyl (C=O) groups excluding carboxylic acids is 1. The molecule has 29 heavy (non-hydrogen) atoms. The number of nitrogens with one attached hydrogen (secondary N) is 2. The summed E-state index contributed by atoms with van der Waals surface area (Å²) < 4.78 is 0. The highest BCUT2D eigenvalue weighted by molar-refractivity contribution is 7.99. The van der Waals surface area contributed by atoms with E-state index in [1.54, 1.807) is 36.0 Å². The summed E-state index contributed by atoms with van der Waals surface area (Å²) in [6.45, 7) is 1.06. The number of phenolic OH excluding ortho intramolecular Hbond substituents is 1. The normalized spacial score (nSPS) is 13.6. The molecule has 0 spiro atoms. The largest absolute Gasteiger partial charge is 0.508 e. The van der Waals surface area contributed by atoms with Gasteiger partial charge in [0.25, 0.3) is 5.91 Å². The van der Waals surface area contributed by atoms with Crippen molar-refractivity contribution < 1.29 is 9.90 Å². The highest BCUT2D eigenvalue weighted by Gasteiger charge is 2.20. The number of nitrogens with two attached hydrogens (primary N) is 1. The minimum absolute atomic E-state index is 0.0102. The van der Waals surface area contributed by atoms with Crippen LogP contribution < -0.4 is 11.1 Å². The van der Waals surface area contributed by atoms with E-state index in [2.05, 4.69) is 15.3 Å². The fourth-order valence-corrected chi connectivity index (χ4v) is 4.11. The van der Waals surface area contributed by atoms with Gasteiger partial charge >= 0.3 is 0 Å². The van der Waals surface area contributed by atoms with E-state index < -0.39 is 0 Å². The quantitative estimate of drug-likeness (QED) is 0.377. The lowest BCUT2D eigenvalue weighted by Gasteiger charge is -2.15. The Morgan fingerprint density at radius 2 is 2.07 bits per heavy atom. The maximum atomic E-state index is 12.6. The van der Waals surface area contributed by atoms with Gasteiger partial charge in [-0.2, -0.15) is 0 Å². The number of thioether (sulfide) groups is 1. The Hall–Kier alpha value is -3.33. The number of anilines is 1. The minimum Gasteiger partial charge on any atom is -0.508 e. The van der Waals surface area contributed by atoms with Crippen molar-refractivity contribution >= 4 is 40.2 Å². The van der Waals surface area contributed by atoms with Crippen LogP contribution in [0.5, 0.6) is 5.75 Å². The Morgan fingerprint density at radius 1 is 1.24 bits per heavy atom. The van der Waals surface area contributed by atoms with Crippen LogP contribution in [0.25, 0.3) is 10.9 Å². The maximum absolute atomic E-state index is 12.6. The molecule has 4 rings (SSSR count). The molecule has 9 heteroatoms. The summed E-state index contributed by atoms with van der Waals surface area (Å²) in [5, 5.41) is 21.6. The second-order valence-corrected chi connectivity index (χ2v) is 7.75. The van der Waals surface area contributed by atoms with Gasteiger partial charge in [0, 0.05) is 40.9 Å². The molecule has 2 heterocycles. The molecule has 0 radical (unpaired) electrons. The third kappa shape index (κ3) is 3.95. The number of nitrogens with zero attached hydrogens (tertiary/aromatic N) is 3. The number of fused-ring (bicyclic) bond motifs is 1. The molecule has 0 unspecified atom stereocenters. The van der Waals surface area contributed by atoms with Crippen molar-refractivity contribution in [2.45, 2.75) is 6.54 Å². The van der Waals surface area contributed by atoms with Crippen LogP contribution >= 0.6 is 11.8 Å². The molecule has 2 aromatic carbocycles. The summed E-state index contributed by atoms with van der Waals surface area (Å²) >= 11 is 1.75. The van der Waals surface area contributed by atoms with E-state index in [1.165, 1.54) is 12.4 Å². The molecule has 1 aliphatic heterocycles. The van der Waals surface area contributed by atoms with Crippen LogP contribution in [0.2, 0.25) is 0 Å². The molecule has 0 bridgehead atoms. The van der Waals surface area contributed by atoms with Crippen LogP contribution in [-0.4, -0.2) is 49.9 Å². The van der Waals surface area contributed by atoms with E-state index in [4.69, 9.17) is 11.1 Å². The SMILES string of the molecule is N=C(N)c1ccc(O)c(CNc2ncnc3cc(C(=O)N4CCSC4)ccc23)c1. The molecule has 1 amide bonds. The molecule has 3 aromatic rings. The van der Waals surface area contributed by atoms with Gasteiger partial charge in [-0.05, 0) is 36.4 Å². The lowest BCUT2D eigenvalue weighted by Crippen LogP contribution is -2.27. The number of nitrogen functional groups attached to an aromatic ring is 1. The fourth-order valence-electron chi connectivity index (χ4n) is 3.16. The number of rotatable bonds is 5. The van der Waals surface area contributed by atoms with E-state index >= 15 is 0 Å². The number of carbonyl (C=O) groups is 1. The molecule has 8 nitrogen and oxygen atoms in total. The Kier molecular flexibility index (Phi) is 5.22. The van der Waals surface area contributed by atoms with Crippen LogP contribution in [0.3, 0.4) is 0 Å². The first-order valence-electron chi connectivity index (χ1n) is 9.05. The van der Waals surface area contributed by atoms with Gasteiger partial charge in [0.1, 0.15) is 23.7 Å². The average Bonchev–Trinajstić information content (AvgIpc) is 3.27. The number of hydrogen-bond donors (Lipinski definition) is 4. The maximum Gasteiger partial charge on any atom is 0.254 e. The standard InChI is InChI=1S/C20H20N6O2S/c21-18(22)12-2-4-17(27)14(7-12)9-23-19-15-3-1-13(8-16(15)24-10-25-19)20(28)26-5-6-29-11-26/h1-4,7-8,10,27H,5-6,9,11H2,(H3,21,22)(H,23,24,25). The lowest BCUT2D eigenvalue weighted by atomic mass is 10.1. The fraction of sp³-hybridized carbons (Fsp3) is 0.200. The molecule has 148 valence electrons. The first kappa shape index (κ1) is 19.0. The Morgan fingerprint density at radius 3 is 2.83 bits per heavy atom. The number of hydrogen-bond acceptors (Lipinski definition) is 7. The van der Waals surface area contributed by atoms with E-state index in [-0.39, 0.29) is 17.5 Å². The van der Waals surface area contributed by atoms with Crippen LogP contribution in [0.15, 0.2) is 42.7 Å². The summed E-state index contributed by atoms with van der Waals surface area (Å²) in [7, 11) is 0. The highest BCUT2D eigenvalue weighted by atomic mass is 32.2. The second-order valence-electron chi connectivity index (χ2n) is 6.67. The van der Waals surface area contributed by atoms with E-state index in [0.717, 1.165) is 23.6 Å². The third-order valence-electron chi connectivity index (χ3n) is 4.76. The molecule has 1 fully saturated rings. The van der Waals surface area contributed by atoms with Gasteiger partial charge in [-0.25, -0.2) is 9.97 Å². The number of amidine groups is 1. The zero-order chi connectivity index (χ0) is 20.4. The first-order chi connectivity index (χ1) is 14.0. The van der Waals surface area contributed by atoms with Crippen molar-refractivity contribution in [3.05, 3.63) is 59.4 Å². The molecular weight excluding hydrogens is 388 g/mol. The predicted octanol–water partition coefficient (Wildman–Crippen LogP) is 2.38. The molecule has 0 aliphatic carbocycles. The third-order valence-corrected chi connectivity index (χ3v) is 5.73. The lowest BCUT2D eigenvalue weighted by molar-refractivity contribution is 0.0803. The van der Waals surface area contributed by atoms with Crippen LogP contribution in [-0.2, 0) is 6.54 Å². The summed E-state index contributed by atoms with van der Waals surface area (Å²) in [4.78, 5) is 23.0. The second kappa shape index (κ2) is 7.96. The highest BCUT2D eigenvalue weighted by Crippen LogP contribution is 2.25. The van der Waals surface area contributed by atoms with Gasteiger partial charge in [0.15, 0.2) is 0 Å². The molecule has 0 saturated carbocycles.